The van der Waals surface area contributed by atoms with Crippen molar-refractivity contribution in [3.05, 3.63) is 0 Å². The summed E-state index contributed by atoms with van der Waals surface area (Å²) in [7, 11) is 0. The van der Waals surface area contributed by atoms with Gasteiger partial charge in [-0.15, -0.1) is 0 Å². The quantitative estimate of drug-likeness (QED) is 0.609. The smallest absolute Gasteiger partial charge is 0.00108 e. The van der Waals surface area contributed by atoms with E-state index >= 15 is 0 Å². The summed E-state index contributed by atoms with van der Waals surface area (Å²) in [5.41, 5.74) is 0.764. The summed E-state index contributed by atoms with van der Waals surface area (Å²) in [5, 5.41) is 3.45. The molecule has 2 fully saturated rings. The highest BCUT2D eigenvalue weighted by Gasteiger charge is 2.45. The second-order valence-electron chi connectivity index (χ2n) is 3.73. The average Bonchev–Trinajstić information content (AvgIpc) is 2.73. The molecule has 1 saturated carbocycles. The molecule has 1 aliphatic heterocycles. The van der Waals surface area contributed by atoms with E-state index in [0.29, 0.717) is 0 Å². The fourth-order valence-electron chi connectivity index (χ4n) is 2.24. The van der Waals surface area contributed by atoms with Crippen LogP contribution in [0, 0.1) is 11.3 Å². The minimum atomic E-state index is 0.764. The molecule has 2 unspecified atom stereocenters. The van der Waals surface area contributed by atoms with E-state index in [-0.39, 0.29) is 0 Å². The number of rotatable bonds is 0. The van der Waals surface area contributed by atoms with E-state index in [4.69, 9.17) is 0 Å². The van der Waals surface area contributed by atoms with Crippen molar-refractivity contribution in [1.82, 2.24) is 5.32 Å². The molecule has 1 spiro atoms. The monoisotopic (exact) mass is 185 g/mol. The van der Waals surface area contributed by atoms with E-state index in [1.165, 1.54) is 32.4 Å². The lowest BCUT2D eigenvalue weighted by Gasteiger charge is -2.44. The Morgan fingerprint density at radius 1 is 1.08 bits per heavy atom. The van der Waals surface area contributed by atoms with Gasteiger partial charge in [0.2, 0.25) is 0 Å². The van der Waals surface area contributed by atoms with Gasteiger partial charge in [0.05, 0.1) is 0 Å². The SMILES string of the molecule is CC.CC.CC1CCC12CCNC2. The van der Waals surface area contributed by atoms with Crippen LogP contribution in [0.5, 0.6) is 0 Å². The third-order valence-corrected chi connectivity index (χ3v) is 3.40. The second-order valence-corrected chi connectivity index (χ2v) is 3.73. The topological polar surface area (TPSA) is 12.0 Å². The molecule has 1 heteroatoms. The van der Waals surface area contributed by atoms with Gasteiger partial charge in [0.25, 0.3) is 0 Å². The molecule has 0 radical (unpaired) electrons. The predicted molar refractivity (Wildman–Crippen MR) is 61.0 cm³/mol. The first-order valence-electron chi connectivity index (χ1n) is 6.04. The molecule has 0 bridgehead atoms. The molecule has 1 heterocycles. The summed E-state index contributed by atoms with van der Waals surface area (Å²) in [6.07, 6.45) is 4.40. The van der Waals surface area contributed by atoms with Crippen LogP contribution >= 0.6 is 0 Å². The lowest BCUT2D eigenvalue weighted by atomic mass is 9.60. The Kier molecular flexibility index (Phi) is 6.40. The van der Waals surface area contributed by atoms with Crippen molar-refractivity contribution in [1.29, 1.82) is 0 Å². The van der Waals surface area contributed by atoms with Crippen molar-refractivity contribution in [3.8, 4) is 0 Å². The van der Waals surface area contributed by atoms with Gasteiger partial charge in [0.1, 0.15) is 0 Å². The average molecular weight is 185 g/mol. The molecule has 0 aromatic rings. The van der Waals surface area contributed by atoms with Gasteiger partial charge < -0.3 is 5.32 Å². The highest BCUT2D eigenvalue weighted by molar-refractivity contribution is 4.98. The first-order chi connectivity index (χ1) is 6.33. The van der Waals surface area contributed by atoms with Crippen LogP contribution in [0.15, 0.2) is 0 Å². The number of nitrogens with one attached hydrogen (secondary N) is 1. The molecule has 1 N–H and O–H groups in total. The standard InChI is InChI=1S/C8H15N.2C2H6/c1-7-2-3-8(7)4-5-9-6-8;2*1-2/h7,9H,2-6H2,1H3;2*1-2H3. The fraction of sp³-hybridized carbons (Fsp3) is 1.00. The maximum absolute atomic E-state index is 3.45. The van der Waals surface area contributed by atoms with E-state index < -0.39 is 0 Å². The van der Waals surface area contributed by atoms with E-state index in [1.54, 1.807) is 0 Å². The second kappa shape index (κ2) is 6.42. The van der Waals surface area contributed by atoms with Crippen LogP contribution < -0.4 is 5.32 Å². The molecular formula is C12H27N. The van der Waals surface area contributed by atoms with Crippen LogP contribution in [-0.4, -0.2) is 13.1 Å². The number of hydrogen-bond acceptors (Lipinski definition) is 1. The van der Waals surface area contributed by atoms with Crippen molar-refractivity contribution >= 4 is 0 Å². The first-order valence-corrected chi connectivity index (χ1v) is 6.04. The maximum atomic E-state index is 3.45. The molecule has 1 saturated heterocycles. The Morgan fingerprint density at radius 3 is 1.85 bits per heavy atom. The zero-order valence-corrected chi connectivity index (χ0v) is 10.1. The van der Waals surface area contributed by atoms with Crippen molar-refractivity contribution in [2.45, 2.75) is 53.9 Å². The summed E-state index contributed by atoms with van der Waals surface area (Å²) < 4.78 is 0. The zero-order valence-electron chi connectivity index (χ0n) is 10.1. The van der Waals surface area contributed by atoms with E-state index in [0.717, 1.165) is 11.3 Å². The van der Waals surface area contributed by atoms with E-state index in [1.807, 2.05) is 27.7 Å². The summed E-state index contributed by atoms with van der Waals surface area (Å²) in [6, 6.07) is 0. The third-order valence-electron chi connectivity index (χ3n) is 3.40. The van der Waals surface area contributed by atoms with Gasteiger partial charge in [-0.25, -0.2) is 0 Å². The van der Waals surface area contributed by atoms with Gasteiger partial charge in [-0.1, -0.05) is 34.6 Å². The Morgan fingerprint density at radius 2 is 1.69 bits per heavy atom. The zero-order chi connectivity index (χ0) is 10.3. The van der Waals surface area contributed by atoms with Crippen molar-refractivity contribution in [3.63, 3.8) is 0 Å². The summed E-state index contributed by atoms with van der Waals surface area (Å²) in [4.78, 5) is 0. The van der Waals surface area contributed by atoms with Gasteiger partial charge in [0.15, 0.2) is 0 Å². The van der Waals surface area contributed by atoms with E-state index in [9.17, 15) is 0 Å². The van der Waals surface area contributed by atoms with Crippen LogP contribution in [0.25, 0.3) is 0 Å². The maximum Gasteiger partial charge on any atom is 0.00108 e. The molecule has 0 aromatic carbocycles. The molecule has 1 nitrogen and oxygen atoms in total. The Hall–Kier alpha value is -0.0400. The van der Waals surface area contributed by atoms with Gasteiger partial charge in [-0.3, -0.25) is 0 Å². The molecule has 2 rings (SSSR count). The van der Waals surface area contributed by atoms with E-state index in [2.05, 4.69) is 12.2 Å². The van der Waals surface area contributed by atoms with Crippen LogP contribution in [0.3, 0.4) is 0 Å². The highest BCUT2D eigenvalue weighted by atomic mass is 14.9. The first kappa shape index (κ1) is 13.0. The summed E-state index contributed by atoms with van der Waals surface area (Å²) in [6.45, 7) is 13.0. The molecule has 0 amide bonds. The van der Waals surface area contributed by atoms with Crippen molar-refractivity contribution in [2.24, 2.45) is 11.3 Å². The normalized spacial score (nSPS) is 35.3. The molecular weight excluding hydrogens is 158 g/mol. The molecule has 2 atom stereocenters. The predicted octanol–water partition coefficient (Wildman–Crippen LogP) is 3.45. The Bertz CT molecular complexity index is 114. The van der Waals surface area contributed by atoms with Crippen molar-refractivity contribution in [2.75, 3.05) is 13.1 Å². The lowest BCUT2D eigenvalue weighted by molar-refractivity contribution is 0.0676. The van der Waals surface area contributed by atoms with Crippen LogP contribution in [0.2, 0.25) is 0 Å². The van der Waals surface area contributed by atoms with Gasteiger partial charge in [-0.2, -0.15) is 0 Å². The lowest BCUT2D eigenvalue weighted by Crippen LogP contribution is -2.39. The molecule has 80 valence electrons. The van der Waals surface area contributed by atoms with Gasteiger partial charge in [-0.05, 0) is 37.1 Å². The minimum absolute atomic E-state index is 0.764. The largest absolute Gasteiger partial charge is 0.316 e. The molecule has 13 heavy (non-hydrogen) atoms. The third kappa shape index (κ3) is 2.70. The van der Waals surface area contributed by atoms with Crippen LogP contribution in [0.1, 0.15) is 53.9 Å². The fourth-order valence-corrected chi connectivity index (χ4v) is 2.24. The Labute approximate surface area is 84.3 Å². The highest BCUT2D eigenvalue weighted by Crippen LogP contribution is 2.50. The molecule has 0 aromatic heterocycles. The molecule has 1 aliphatic carbocycles. The van der Waals surface area contributed by atoms with Gasteiger partial charge in [0, 0.05) is 6.54 Å². The summed E-state index contributed by atoms with van der Waals surface area (Å²) >= 11 is 0. The van der Waals surface area contributed by atoms with Crippen LogP contribution in [0.4, 0.5) is 0 Å². The van der Waals surface area contributed by atoms with Gasteiger partial charge >= 0.3 is 0 Å². The number of hydrogen-bond donors (Lipinski definition) is 1. The minimum Gasteiger partial charge on any atom is -0.316 e. The van der Waals surface area contributed by atoms with Crippen molar-refractivity contribution < 1.29 is 0 Å². The van der Waals surface area contributed by atoms with Crippen LogP contribution in [-0.2, 0) is 0 Å². The molecule has 2 aliphatic rings. The summed E-state index contributed by atoms with van der Waals surface area (Å²) in [5.74, 6) is 1.01. The Balaban J connectivity index is 0.000000322.